The van der Waals surface area contributed by atoms with E-state index in [0.717, 1.165) is 19.4 Å². The number of nitrogens with one attached hydrogen (secondary N) is 1. The minimum absolute atomic E-state index is 0.0970. The van der Waals surface area contributed by atoms with Gasteiger partial charge in [0.25, 0.3) is 0 Å². The molecule has 2 rings (SSSR count). The molecule has 1 heterocycles. The lowest BCUT2D eigenvalue weighted by molar-refractivity contribution is 0.350. The van der Waals surface area contributed by atoms with E-state index in [4.69, 9.17) is 9.47 Å². The lowest BCUT2D eigenvalue weighted by atomic mass is 10.0. The maximum atomic E-state index is 13.8. The van der Waals surface area contributed by atoms with Gasteiger partial charge in [-0.15, -0.1) is 0 Å². The Morgan fingerprint density at radius 3 is 2.50 bits per heavy atom. The number of methoxy groups -OCH3 is 2. The minimum atomic E-state index is -0.239. The van der Waals surface area contributed by atoms with E-state index in [1.165, 1.54) is 13.2 Å². The maximum Gasteiger partial charge on any atom is 0.163 e. The van der Waals surface area contributed by atoms with E-state index >= 15 is 0 Å². The normalized spacial score (nSPS) is 19.8. The zero-order chi connectivity index (χ0) is 11.5. The van der Waals surface area contributed by atoms with Crippen molar-refractivity contribution in [2.45, 2.75) is 18.9 Å². The number of ether oxygens (including phenoxy) is 2. The van der Waals surface area contributed by atoms with Gasteiger partial charge in [0.15, 0.2) is 11.5 Å². The Kier molecular flexibility index (Phi) is 3.29. The van der Waals surface area contributed by atoms with Crippen LogP contribution in [0, 0.1) is 5.82 Å². The van der Waals surface area contributed by atoms with Crippen LogP contribution < -0.4 is 14.8 Å². The minimum Gasteiger partial charge on any atom is -0.493 e. The molecule has 0 unspecified atom stereocenters. The molecule has 0 saturated carbocycles. The van der Waals surface area contributed by atoms with Gasteiger partial charge >= 0.3 is 0 Å². The van der Waals surface area contributed by atoms with Gasteiger partial charge in [0.2, 0.25) is 0 Å². The number of benzene rings is 1. The Hall–Kier alpha value is -1.29. The Morgan fingerprint density at radius 2 is 1.94 bits per heavy atom. The van der Waals surface area contributed by atoms with Gasteiger partial charge in [0.1, 0.15) is 5.82 Å². The summed E-state index contributed by atoms with van der Waals surface area (Å²) in [6.45, 7) is 0.943. The zero-order valence-corrected chi connectivity index (χ0v) is 9.55. The largest absolute Gasteiger partial charge is 0.493 e. The van der Waals surface area contributed by atoms with Crippen LogP contribution in [0.1, 0.15) is 24.4 Å². The quantitative estimate of drug-likeness (QED) is 0.856. The molecule has 0 aromatic heterocycles. The molecule has 88 valence electrons. The van der Waals surface area contributed by atoms with Crippen LogP contribution in [0.3, 0.4) is 0 Å². The first-order valence-electron chi connectivity index (χ1n) is 5.41. The standard InChI is InChI=1S/C12H16FNO2/c1-15-11-6-8(10-4-3-5-14-10)9(13)7-12(11)16-2/h6-7,10,14H,3-5H2,1-2H3/t10-/m0/s1. The van der Waals surface area contributed by atoms with Gasteiger partial charge in [0.05, 0.1) is 14.2 Å². The van der Waals surface area contributed by atoms with Crippen molar-refractivity contribution in [2.24, 2.45) is 0 Å². The smallest absolute Gasteiger partial charge is 0.163 e. The Labute approximate surface area is 94.6 Å². The average molecular weight is 225 g/mol. The molecule has 0 bridgehead atoms. The highest BCUT2D eigenvalue weighted by Gasteiger charge is 2.21. The lowest BCUT2D eigenvalue weighted by Crippen LogP contribution is -2.14. The van der Waals surface area contributed by atoms with E-state index in [1.807, 2.05) is 0 Å². The molecule has 4 heteroatoms. The first-order valence-corrected chi connectivity index (χ1v) is 5.41. The zero-order valence-electron chi connectivity index (χ0n) is 9.55. The summed E-state index contributed by atoms with van der Waals surface area (Å²) in [5.74, 6) is 0.770. The van der Waals surface area contributed by atoms with Crippen molar-refractivity contribution in [3.8, 4) is 11.5 Å². The fourth-order valence-electron chi connectivity index (χ4n) is 2.09. The van der Waals surface area contributed by atoms with Crippen LogP contribution in [0.25, 0.3) is 0 Å². The number of hydrogen-bond donors (Lipinski definition) is 1. The van der Waals surface area contributed by atoms with E-state index in [-0.39, 0.29) is 11.9 Å². The third kappa shape index (κ3) is 1.97. The molecule has 1 aromatic carbocycles. The summed E-state index contributed by atoms with van der Waals surface area (Å²) >= 11 is 0. The summed E-state index contributed by atoms with van der Waals surface area (Å²) in [7, 11) is 3.06. The summed E-state index contributed by atoms with van der Waals surface area (Å²) in [5, 5.41) is 3.27. The third-order valence-corrected chi connectivity index (χ3v) is 2.94. The molecule has 0 aliphatic carbocycles. The second kappa shape index (κ2) is 4.70. The van der Waals surface area contributed by atoms with Gasteiger partial charge in [-0.1, -0.05) is 0 Å². The molecule has 0 radical (unpaired) electrons. The fraction of sp³-hybridized carbons (Fsp3) is 0.500. The summed E-state index contributed by atoms with van der Waals surface area (Å²) in [4.78, 5) is 0. The van der Waals surface area contributed by atoms with E-state index in [2.05, 4.69) is 5.32 Å². The van der Waals surface area contributed by atoms with Crippen molar-refractivity contribution in [1.82, 2.24) is 5.32 Å². The second-order valence-electron chi connectivity index (χ2n) is 3.88. The predicted molar refractivity (Wildman–Crippen MR) is 59.5 cm³/mol. The van der Waals surface area contributed by atoms with Crippen LogP contribution in [0.4, 0.5) is 4.39 Å². The summed E-state index contributed by atoms with van der Waals surface area (Å²) in [5.41, 5.74) is 0.662. The molecule has 1 atom stereocenters. The van der Waals surface area contributed by atoms with Crippen LogP contribution in [0.2, 0.25) is 0 Å². The summed E-state index contributed by atoms with van der Waals surface area (Å²) < 4.78 is 24.1. The first kappa shape index (κ1) is 11.2. The molecule has 1 fully saturated rings. The van der Waals surface area contributed by atoms with Crippen LogP contribution in [-0.2, 0) is 0 Å². The van der Waals surface area contributed by atoms with Gasteiger partial charge in [-0.2, -0.15) is 0 Å². The maximum absolute atomic E-state index is 13.8. The molecule has 1 saturated heterocycles. The highest BCUT2D eigenvalue weighted by molar-refractivity contribution is 5.44. The molecule has 0 amide bonds. The molecular formula is C12H16FNO2. The van der Waals surface area contributed by atoms with Gasteiger partial charge in [-0.25, -0.2) is 4.39 Å². The molecule has 3 nitrogen and oxygen atoms in total. The SMILES string of the molecule is COc1cc(F)c([C@@H]2CCCN2)cc1OC. The lowest BCUT2D eigenvalue weighted by Gasteiger charge is -2.15. The summed E-state index contributed by atoms with van der Waals surface area (Å²) in [6.07, 6.45) is 2.05. The number of halogens is 1. The van der Waals surface area contributed by atoms with Crippen molar-refractivity contribution in [2.75, 3.05) is 20.8 Å². The molecular weight excluding hydrogens is 209 g/mol. The Bertz CT molecular complexity index is 376. The van der Waals surface area contributed by atoms with E-state index < -0.39 is 0 Å². The molecule has 1 N–H and O–H groups in total. The second-order valence-corrected chi connectivity index (χ2v) is 3.88. The molecule has 16 heavy (non-hydrogen) atoms. The summed E-state index contributed by atoms with van der Waals surface area (Å²) in [6, 6.07) is 3.20. The van der Waals surface area contributed by atoms with Crippen LogP contribution in [0.5, 0.6) is 11.5 Å². The monoisotopic (exact) mass is 225 g/mol. The van der Waals surface area contributed by atoms with Gasteiger partial charge in [0, 0.05) is 17.7 Å². The predicted octanol–water partition coefficient (Wildman–Crippen LogP) is 2.27. The van der Waals surface area contributed by atoms with Crippen molar-refractivity contribution >= 4 is 0 Å². The highest BCUT2D eigenvalue weighted by Crippen LogP contribution is 2.34. The fourth-order valence-corrected chi connectivity index (χ4v) is 2.09. The van der Waals surface area contributed by atoms with Crippen LogP contribution >= 0.6 is 0 Å². The average Bonchev–Trinajstić information content (AvgIpc) is 2.82. The highest BCUT2D eigenvalue weighted by atomic mass is 19.1. The van der Waals surface area contributed by atoms with Gasteiger partial charge < -0.3 is 14.8 Å². The van der Waals surface area contributed by atoms with E-state index in [1.54, 1.807) is 13.2 Å². The van der Waals surface area contributed by atoms with Crippen LogP contribution in [0.15, 0.2) is 12.1 Å². The molecule has 1 aliphatic rings. The van der Waals surface area contributed by atoms with Gasteiger partial charge in [-0.3, -0.25) is 0 Å². The number of rotatable bonds is 3. The molecule has 0 spiro atoms. The van der Waals surface area contributed by atoms with Crippen molar-refractivity contribution in [3.63, 3.8) is 0 Å². The number of hydrogen-bond acceptors (Lipinski definition) is 3. The van der Waals surface area contributed by atoms with Gasteiger partial charge in [-0.05, 0) is 25.5 Å². The van der Waals surface area contributed by atoms with Crippen molar-refractivity contribution < 1.29 is 13.9 Å². The Morgan fingerprint density at radius 1 is 1.25 bits per heavy atom. The van der Waals surface area contributed by atoms with Crippen molar-refractivity contribution in [1.29, 1.82) is 0 Å². The third-order valence-electron chi connectivity index (χ3n) is 2.94. The van der Waals surface area contributed by atoms with E-state index in [0.29, 0.717) is 17.1 Å². The van der Waals surface area contributed by atoms with Crippen LogP contribution in [-0.4, -0.2) is 20.8 Å². The van der Waals surface area contributed by atoms with Crippen molar-refractivity contribution in [3.05, 3.63) is 23.5 Å². The Balaban J connectivity index is 2.37. The first-order chi connectivity index (χ1) is 7.76. The van der Waals surface area contributed by atoms with E-state index in [9.17, 15) is 4.39 Å². The molecule has 1 aliphatic heterocycles. The molecule has 1 aromatic rings. The topological polar surface area (TPSA) is 30.5 Å².